The van der Waals surface area contributed by atoms with E-state index in [4.69, 9.17) is 0 Å². The smallest absolute Gasteiger partial charge is 0.455 e. The van der Waals surface area contributed by atoms with Crippen molar-refractivity contribution in [2.75, 3.05) is 0 Å². The van der Waals surface area contributed by atoms with E-state index in [1.165, 1.54) is 6.07 Å². The first-order valence-corrected chi connectivity index (χ1v) is 12.5. The average Bonchev–Trinajstić information content (AvgIpc) is 2.93. The maximum absolute atomic E-state index is 12.8. The van der Waals surface area contributed by atoms with E-state index in [1.807, 2.05) is 26.0 Å². The van der Waals surface area contributed by atoms with Crippen molar-refractivity contribution in [3.8, 4) is 5.75 Å². The molecule has 0 amide bonds. The number of Topliss-reactive ketones (excluding diaryl/α,β-unsaturated/α-hetero) is 1. The largest absolute Gasteiger partial charge is 0.506 e. The molecular weight excluding hydrogens is 671 g/mol. The van der Waals surface area contributed by atoms with Crippen molar-refractivity contribution in [3.05, 3.63) is 100 Å². The van der Waals surface area contributed by atoms with E-state index in [9.17, 15) is 27.9 Å². The van der Waals surface area contributed by atoms with Gasteiger partial charge in [0.15, 0.2) is 0 Å². The van der Waals surface area contributed by atoms with Crippen molar-refractivity contribution in [1.82, 2.24) is 14.5 Å². The summed E-state index contributed by atoms with van der Waals surface area (Å²) in [5.74, 6) is -3.28. The van der Waals surface area contributed by atoms with E-state index in [2.05, 4.69) is 34.2 Å². The van der Waals surface area contributed by atoms with Gasteiger partial charge in [-0.25, -0.2) is 0 Å². The van der Waals surface area contributed by atoms with Crippen LogP contribution >= 0.6 is 0 Å². The maximum Gasteiger partial charge on any atom is 0.455 e. The second-order valence-corrected chi connectivity index (χ2v) is 9.40. The summed E-state index contributed by atoms with van der Waals surface area (Å²) in [5, 5.41) is 13.9. The summed E-state index contributed by atoms with van der Waals surface area (Å²) in [4.78, 5) is 33.2. The van der Waals surface area contributed by atoms with Crippen molar-refractivity contribution in [3.63, 3.8) is 0 Å². The zero-order chi connectivity index (χ0) is 28.8. The van der Waals surface area contributed by atoms with E-state index < -0.39 is 28.8 Å². The minimum Gasteiger partial charge on any atom is -0.506 e. The van der Waals surface area contributed by atoms with Crippen molar-refractivity contribution in [1.29, 1.82) is 0 Å². The first-order valence-electron chi connectivity index (χ1n) is 12.5. The Morgan fingerprint density at radius 1 is 0.805 bits per heavy atom. The van der Waals surface area contributed by atoms with Gasteiger partial charge in [0.2, 0.25) is 0 Å². The number of benzene rings is 3. The number of alkyl halides is 3. The predicted molar refractivity (Wildman–Crippen MR) is 150 cm³/mol. The van der Waals surface area contributed by atoms with Crippen LogP contribution in [0.15, 0.2) is 77.6 Å². The number of ketones is 1. The molecule has 1 N–H and O–H groups in total. The number of halogens is 3. The van der Waals surface area contributed by atoms with E-state index in [0.717, 1.165) is 43.1 Å². The third-order valence-electron chi connectivity index (χ3n) is 6.72. The molecule has 0 aliphatic heterocycles. The van der Waals surface area contributed by atoms with Crippen molar-refractivity contribution in [2.45, 2.75) is 33.5 Å². The fourth-order valence-electron chi connectivity index (χ4n) is 4.82. The number of carbonyl (C=O) groups excluding carboxylic acids is 1. The topological polar surface area (TPSA) is 85.1 Å². The monoisotopic (exact) mass is 696 g/mol. The van der Waals surface area contributed by atoms with Crippen LogP contribution in [0.4, 0.5) is 13.2 Å². The summed E-state index contributed by atoms with van der Waals surface area (Å²) >= 11 is 0. The maximum atomic E-state index is 12.8. The van der Waals surface area contributed by atoms with Gasteiger partial charge in [-0.1, -0.05) is 54.6 Å². The van der Waals surface area contributed by atoms with Crippen molar-refractivity contribution >= 4 is 49.3 Å². The van der Waals surface area contributed by atoms with E-state index in [-0.39, 0.29) is 61.3 Å². The van der Waals surface area contributed by atoms with Gasteiger partial charge in [-0.15, -0.1) is 0 Å². The molecule has 0 aliphatic carbocycles. The van der Waals surface area contributed by atoms with Gasteiger partial charge in [0.05, 0.1) is 16.6 Å². The first-order chi connectivity index (χ1) is 19.0. The van der Waals surface area contributed by atoms with Crippen LogP contribution in [-0.4, -0.2) is 31.6 Å². The summed E-state index contributed by atoms with van der Waals surface area (Å²) in [6.45, 7) is 5.66. The van der Waals surface area contributed by atoms with Gasteiger partial charge in [-0.2, -0.15) is 13.2 Å². The fraction of sp³-hybridized carbons (Fsp3) is 0.161. The molecule has 0 unspecified atom stereocenters. The molecule has 0 spiro atoms. The van der Waals surface area contributed by atoms with Crippen LogP contribution in [0.3, 0.4) is 0 Å². The third kappa shape index (κ3) is 5.78. The van der Waals surface area contributed by atoms with Crippen molar-refractivity contribution < 1.29 is 72.4 Å². The van der Waals surface area contributed by atoms with E-state index >= 15 is 0 Å². The summed E-state index contributed by atoms with van der Waals surface area (Å²) < 4.78 is 39.4. The van der Waals surface area contributed by atoms with Crippen molar-refractivity contribution in [2.24, 2.45) is 0 Å². The van der Waals surface area contributed by atoms with Gasteiger partial charge in [0.25, 0.3) is 11.3 Å². The molecule has 3 aromatic heterocycles. The molecule has 0 saturated heterocycles. The molecule has 6 rings (SSSR count). The number of rotatable bonds is 2. The van der Waals surface area contributed by atoms with Crippen LogP contribution in [0.5, 0.6) is 5.75 Å². The molecule has 10 heteroatoms. The third-order valence-corrected chi connectivity index (χ3v) is 6.72. The second kappa shape index (κ2) is 12.0. The molecule has 0 bridgehead atoms. The number of hydrogen-bond acceptors (Lipinski definition) is 5. The standard InChI is InChI=1S/C17H12F3NO3.C14H12N2.Eu/c1-2-21-13-10-6-4-3-5-9(10)7-8-11(13)14(22)12(16(21)24)15(23)17(18,19)20;1-9-3-5-11-7-8-12-6-4-10(2)16-14(12)13(11)15-9;/h3-8,22H,2H2,1H3;3-8H,1-2H3;. The molecule has 0 saturated carbocycles. The van der Waals surface area contributed by atoms with Gasteiger partial charge >= 0.3 is 6.18 Å². The second-order valence-electron chi connectivity index (χ2n) is 9.40. The molecule has 41 heavy (non-hydrogen) atoms. The Morgan fingerprint density at radius 3 is 1.85 bits per heavy atom. The zero-order valence-electron chi connectivity index (χ0n) is 22.3. The number of aromatic nitrogens is 3. The summed E-state index contributed by atoms with van der Waals surface area (Å²) in [6.07, 6.45) is -5.24. The van der Waals surface area contributed by atoms with E-state index in [1.54, 1.807) is 37.3 Å². The number of pyridine rings is 3. The van der Waals surface area contributed by atoms with Gasteiger partial charge in [0, 0.05) is 88.9 Å². The molecule has 6 nitrogen and oxygen atoms in total. The molecule has 6 aromatic rings. The van der Waals surface area contributed by atoms with Gasteiger partial charge in [-0.3, -0.25) is 19.6 Å². The van der Waals surface area contributed by atoms with Crippen LogP contribution in [0.25, 0.3) is 43.5 Å². The Hall–Kier alpha value is -3.21. The number of aryl methyl sites for hydroxylation is 3. The van der Waals surface area contributed by atoms with Gasteiger partial charge < -0.3 is 9.67 Å². The van der Waals surface area contributed by atoms with Gasteiger partial charge in [0.1, 0.15) is 11.3 Å². The Bertz CT molecular complexity index is 1960. The normalized spacial score (nSPS) is 11.4. The van der Waals surface area contributed by atoms with Crippen LogP contribution in [0.1, 0.15) is 28.7 Å². The average molecular weight is 696 g/mol. The Balaban J connectivity index is 0.000000198. The molecule has 209 valence electrons. The molecular formula is C31H24EuF3N3O3. The number of aromatic hydroxyl groups is 1. The number of carbonyl (C=O) groups is 1. The SMILES string of the molecule is CCn1c(=O)c(C(=O)C(F)(F)F)c(O)c2ccc3ccccc3c21.Cc1ccc2ccc3ccc(C)nc3c2n1.[Eu]. The summed E-state index contributed by atoms with van der Waals surface area (Å²) in [7, 11) is 0. The van der Waals surface area contributed by atoms with Crippen LogP contribution < -0.4 is 5.56 Å². The first kappa shape index (κ1) is 30.7. The minimum atomic E-state index is -5.24. The minimum absolute atomic E-state index is 0. The molecule has 3 heterocycles. The van der Waals surface area contributed by atoms with E-state index in [0.29, 0.717) is 10.9 Å². The Labute approximate surface area is 273 Å². The number of fused-ring (bicyclic) bond motifs is 6. The number of hydrogen-bond donors (Lipinski definition) is 1. The Kier molecular flexibility index (Phi) is 8.97. The van der Waals surface area contributed by atoms with Crippen LogP contribution in [0.2, 0.25) is 0 Å². The predicted octanol–water partition coefficient (Wildman–Crippen LogP) is 7.03. The fourth-order valence-corrected chi connectivity index (χ4v) is 4.82. The Morgan fingerprint density at radius 2 is 1.32 bits per heavy atom. The van der Waals surface area contributed by atoms with Gasteiger partial charge in [-0.05, 0) is 44.4 Å². The summed E-state index contributed by atoms with van der Waals surface area (Å²) in [6, 6.07) is 22.5. The molecule has 0 fully saturated rings. The van der Waals surface area contributed by atoms with Crippen LogP contribution in [0, 0.1) is 63.2 Å². The quantitative estimate of drug-likeness (QED) is 0.156. The summed E-state index contributed by atoms with van der Waals surface area (Å²) in [5.41, 5.74) is 1.97. The number of nitrogens with zero attached hydrogens (tertiary/aromatic N) is 3. The molecule has 1 radical (unpaired) electrons. The zero-order valence-corrected chi connectivity index (χ0v) is 24.7. The molecule has 3 aromatic carbocycles. The molecule has 0 atom stereocenters. The molecule has 0 aliphatic rings. The van der Waals surface area contributed by atoms with Crippen LogP contribution in [-0.2, 0) is 6.54 Å².